The van der Waals surface area contributed by atoms with Crippen molar-refractivity contribution in [2.75, 3.05) is 34.5 Å². The fraction of sp³-hybridized carbons (Fsp3) is 0.519. The van der Waals surface area contributed by atoms with Gasteiger partial charge in [-0.05, 0) is 12.1 Å². The molecule has 0 amide bonds. The highest BCUT2D eigenvalue weighted by molar-refractivity contribution is 6.00. The Bertz CT molecular complexity index is 1520. The Morgan fingerprint density at radius 3 is 2.19 bits per heavy atom. The molecule has 16 nitrogen and oxygen atoms in total. The van der Waals surface area contributed by atoms with Crippen molar-refractivity contribution < 1.29 is 73.3 Å². The summed E-state index contributed by atoms with van der Waals surface area (Å²) in [6.07, 6.45) is -14.4. The zero-order valence-corrected chi connectivity index (χ0v) is 23.1. The van der Waals surface area contributed by atoms with Crippen LogP contribution < -0.4 is 24.4 Å². The Morgan fingerprint density at radius 2 is 1.51 bits per heavy atom. The summed E-state index contributed by atoms with van der Waals surface area (Å²) in [5, 5.41) is 71.4. The number of phenolic OH excluding ortho intramolecular Hbond substituents is 1. The smallest absolute Gasteiger partial charge is 0.229 e. The van der Waals surface area contributed by atoms with Gasteiger partial charge in [0.05, 0.1) is 34.5 Å². The first-order valence-electron chi connectivity index (χ1n) is 13.1. The van der Waals surface area contributed by atoms with E-state index < -0.39 is 67.3 Å². The molecule has 2 aliphatic heterocycles. The average Bonchev–Trinajstić information content (AvgIpc) is 3.00. The van der Waals surface area contributed by atoms with Gasteiger partial charge < -0.3 is 73.3 Å². The molecule has 9 unspecified atom stereocenters. The van der Waals surface area contributed by atoms with Gasteiger partial charge in [0.15, 0.2) is 29.1 Å². The highest BCUT2D eigenvalue weighted by Crippen LogP contribution is 2.44. The number of hydrogen-bond donors (Lipinski definition) is 7. The molecule has 1 aromatic heterocycles. The molecule has 7 N–H and O–H groups in total. The van der Waals surface area contributed by atoms with Gasteiger partial charge in [0, 0.05) is 6.07 Å². The van der Waals surface area contributed by atoms with Crippen LogP contribution >= 0.6 is 0 Å². The number of aliphatic hydroxyl groups excluding tert-OH is 6. The summed E-state index contributed by atoms with van der Waals surface area (Å²) in [5.74, 6) is -0.647. The van der Waals surface area contributed by atoms with Crippen LogP contribution in [-0.4, -0.2) is 126 Å². The molecular formula is C27H32O16. The van der Waals surface area contributed by atoms with Crippen LogP contribution in [0.25, 0.3) is 21.9 Å². The molecule has 3 heterocycles. The van der Waals surface area contributed by atoms with E-state index in [1.807, 2.05) is 0 Å². The lowest BCUT2D eigenvalue weighted by Crippen LogP contribution is -2.61. The summed E-state index contributed by atoms with van der Waals surface area (Å²) in [6, 6.07) is 3.90. The number of rotatable bonds is 8. The lowest BCUT2D eigenvalue weighted by Gasteiger charge is -2.41. The number of methoxy groups -OCH3 is 3. The Balaban J connectivity index is 1.52. The van der Waals surface area contributed by atoms with Crippen LogP contribution in [0.2, 0.25) is 0 Å². The zero-order chi connectivity index (χ0) is 31.2. The fourth-order valence-electron chi connectivity index (χ4n) is 5.03. The van der Waals surface area contributed by atoms with Crippen LogP contribution in [0, 0.1) is 0 Å². The Labute approximate surface area is 242 Å². The highest BCUT2D eigenvalue weighted by Gasteiger charge is 2.47. The van der Waals surface area contributed by atoms with Crippen molar-refractivity contribution in [1.29, 1.82) is 0 Å². The molecule has 2 saturated heterocycles. The first kappa shape index (κ1) is 31.0. The van der Waals surface area contributed by atoms with Gasteiger partial charge in [-0.15, -0.1) is 0 Å². The van der Waals surface area contributed by atoms with Gasteiger partial charge in [-0.1, -0.05) is 0 Å². The Morgan fingerprint density at radius 1 is 0.814 bits per heavy atom. The molecule has 2 aliphatic rings. The quantitative estimate of drug-likeness (QED) is 0.141. The molecule has 236 valence electrons. The second-order valence-corrected chi connectivity index (χ2v) is 9.95. The third-order valence-corrected chi connectivity index (χ3v) is 7.35. The van der Waals surface area contributed by atoms with E-state index in [9.17, 15) is 40.5 Å². The van der Waals surface area contributed by atoms with Crippen molar-refractivity contribution >= 4 is 21.9 Å². The largest absolute Gasteiger partial charge is 0.504 e. The lowest BCUT2D eigenvalue weighted by molar-refractivity contribution is -0.307. The zero-order valence-electron chi connectivity index (χ0n) is 23.1. The molecule has 3 aromatic rings. The van der Waals surface area contributed by atoms with Gasteiger partial charge in [-0.2, -0.15) is 0 Å². The van der Waals surface area contributed by atoms with Crippen LogP contribution in [0.4, 0.5) is 0 Å². The van der Waals surface area contributed by atoms with E-state index in [1.54, 1.807) is 0 Å². The minimum Gasteiger partial charge on any atom is -0.504 e. The minimum atomic E-state index is -1.84. The second kappa shape index (κ2) is 12.3. The van der Waals surface area contributed by atoms with Crippen LogP contribution in [-0.2, 0) is 14.2 Å². The van der Waals surface area contributed by atoms with Crippen LogP contribution in [0.15, 0.2) is 27.4 Å². The molecule has 2 aromatic carbocycles. The van der Waals surface area contributed by atoms with Gasteiger partial charge in [-0.25, -0.2) is 0 Å². The normalized spacial score (nSPS) is 31.2. The number of aliphatic hydroxyl groups is 6. The Hall–Kier alpha value is -3.45. The summed E-state index contributed by atoms with van der Waals surface area (Å²) in [4.78, 5) is 13.9. The topological polar surface area (TPSA) is 236 Å². The first-order chi connectivity index (χ1) is 20.5. The predicted molar refractivity (Wildman–Crippen MR) is 142 cm³/mol. The van der Waals surface area contributed by atoms with Crippen molar-refractivity contribution in [2.24, 2.45) is 0 Å². The average molecular weight is 613 g/mol. The molecule has 5 rings (SSSR count). The van der Waals surface area contributed by atoms with Crippen molar-refractivity contribution in [3.05, 3.63) is 28.4 Å². The molecule has 0 bridgehead atoms. The molecule has 2 fully saturated rings. The van der Waals surface area contributed by atoms with E-state index in [2.05, 4.69) is 0 Å². The maximum Gasteiger partial charge on any atom is 0.229 e. The fourth-order valence-corrected chi connectivity index (χ4v) is 5.03. The van der Waals surface area contributed by atoms with Gasteiger partial charge >= 0.3 is 0 Å². The van der Waals surface area contributed by atoms with Gasteiger partial charge in [0.2, 0.25) is 17.5 Å². The molecule has 0 spiro atoms. The number of hydrogen-bond acceptors (Lipinski definition) is 16. The van der Waals surface area contributed by atoms with Crippen molar-refractivity contribution in [3.8, 4) is 28.7 Å². The second-order valence-electron chi connectivity index (χ2n) is 9.95. The summed E-state index contributed by atoms with van der Waals surface area (Å²) in [5.41, 5.74) is -0.786. The SMILES string of the molecule is COc1cc(OC2OC(COC3OCC(O)C(O)C3O)C(O)C(O)C2O)c2c(=O)c3c(OC)c(O)ccc3oc2c1OC. The van der Waals surface area contributed by atoms with E-state index in [0.717, 1.165) is 0 Å². The molecule has 16 heteroatoms. The molecule has 9 atom stereocenters. The minimum absolute atomic E-state index is 0.0288. The van der Waals surface area contributed by atoms with E-state index in [0.29, 0.717) is 0 Å². The van der Waals surface area contributed by atoms with E-state index in [-0.39, 0.29) is 57.3 Å². The number of aromatic hydroxyl groups is 1. The summed E-state index contributed by atoms with van der Waals surface area (Å²) in [7, 11) is 3.90. The number of fused-ring (bicyclic) bond motifs is 2. The summed E-state index contributed by atoms with van der Waals surface area (Å²) in [6.45, 7) is -0.860. The van der Waals surface area contributed by atoms with Crippen molar-refractivity contribution in [3.63, 3.8) is 0 Å². The number of ether oxygens (including phenoxy) is 7. The first-order valence-corrected chi connectivity index (χ1v) is 13.1. The molecule has 43 heavy (non-hydrogen) atoms. The van der Waals surface area contributed by atoms with Gasteiger partial charge in [-0.3, -0.25) is 4.79 Å². The Kier molecular flexibility index (Phi) is 8.85. The third-order valence-electron chi connectivity index (χ3n) is 7.35. The summed E-state index contributed by atoms with van der Waals surface area (Å²) >= 11 is 0. The van der Waals surface area contributed by atoms with Crippen molar-refractivity contribution in [2.45, 2.75) is 55.3 Å². The van der Waals surface area contributed by atoms with Gasteiger partial charge in [0.25, 0.3) is 0 Å². The lowest BCUT2D eigenvalue weighted by atomic mass is 9.99. The monoisotopic (exact) mass is 612 g/mol. The number of phenols is 1. The summed E-state index contributed by atoms with van der Waals surface area (Å²) < 4.78 is 44.2. The van der Waals surface area contributed by atoms with Crippen LogP contribution in [0.3, 0.4) is 0 Å². The van der Waals surface area contributed by atoms with Gasteiger partial charge in [0.1, 0.15) is 64.8 Å². The standard InChI is InChI=1S/C27H32O16/c1-36-13-6-12(16-19(32)15-11(41-25(16)24(13)38-3)5-4-9(28)23(15)37-2)42-27-22(35)20(33)18(31)14(43-27)8-40-26-21(34)17(30)10(29)7-39-26/h4-6,10,14,17-18,20-22,26-31,33-35H,7-8H2,1-3H3. The third kappa shape index (κ3) is 5.41. The van der Waals surface area contributed by atoms with Crippen LogP contribution in [0.5, 0.6) is 28.7 Å². The van der Waals surface area contributed by atoms with Crippen molar-refractivity contribution in [1.82, 2.24) is 0 Å². The highest BCUT2D eigenvalue weighted by atomic mass is 16.7. The molecule has 0 saturated carbocycles. The van der Waals surface area contributed by atoms with Crippen LogP contribution in [0.1, 0.15) is 0 Å². The maximum atomic E-state index is 13.9. The van der Waals surface area contributed by atoms with E-state index in [4.69, 9.17) is 37.6 Å². The maximum absolute atomic E-state index is 13.9. The molecule has 0 aliphatic carbocycles. The molecule has 0 radical (unpaired) electrons. The van der Waals surface area contributed by atoms with E-state index >= 15 is 0 Å². The van der Waals surface area contributed by atoms with E-state index in [1.165, 1.54) is 39.5 Å². The molecular weight excluding hydrogens is 580 g/mol. The number of benzene rings is 2. The predicted octanol–water partition coefficient (Wildman–Crippen LogP) is -1.68.